The maximum atomic E-state index is 5.85. The highest BCUT2D eigenvalue weighted by atomic mass is 35.5. The van der Waals surface area contributed by atoms with Gasteiger partial charge < -0.3 is 15.8 Å². The lowest BCUT2D eigenvalue weighted by Crippen LogP contribution is -2.00. The number of hydrogen-bond donors (Lipinski definition) is 2. The summed E-state index contributed by atoms with van der Waals surface area (Å²) in [5, 5.41) is 3.93. The van der Waals surface area contributed by atoms with Gasteiger partial charge in [0.05, 0.1) is 17.3 Å². The van der Waals surface area contributed by atoms with E-state index in [-0.39, 0.29) is 5.15 Å². The van der Waals surface area contributed by atoms with Crippen molar-refractivity contribution >= 4 is 49.8 Å². The third-order valence-corrected chi connectivity index (χ3v) is 3.89. The van der Waals surface area contributed by atoms with Crippen molar-refractivity contribution in [3.05, 3.63) is 29.7 Å². The van der Waals surface area contributed by atoms with Gasteiger partial charge in [-0.25, -0.2) is 15.0 Å². The summed E-state index contributed by atoms with van der Waals surface area (Å²) in [5.74, 6) is 1.23. The number of nitrogen functional groups attached to an aromatic ring is 1. The van der Waals surface area contributed by atoms with Crippen molar-refractivity contribution in [2.75, 3.05) is 18.2 Å². The topological polar surface area (TPSA) is 86.0 Å². The molecule has 3 N–H and O–H groups in total. The fourth-order valence-corrected chi connectivity index (χ4v) is 2.69. The Balaban J connectivity index is 1.96. The molecule has 0 saturated carbocycles. The fraction of sp³-hybridized carbons (Fsp3) is 0.0833. The largest absolute Gasteiger partial charge is 0.497 e. The second kappa shape index (κ2) is 5.10. The van der Waals surface area contributed by atoms with E-state index in [1.165, 1.54) is 17.7 Å². The van der Waals surface area contributed by atoms with Crippen molar-refractivity contribution in [3.8, 4) is 5.75 Å². The molecule has 0 amide bonds. The summed E-state index contributed by atoms with van der Waals surface area (Å²) < 4.78 is 6.19. The van der Waals surface area contributed by atoms with Crippen LogP contribution in [0.5, 0.6) is 5.75 Å². The lowest BCUT2D eigenvalue weighted by Gasteiger charge is -2.04. The summed E-state index contributed by atoms with van der Waals surface area (Å²) in [4.78, 5) is 12.3. The van der Waals surface area contributed by atoms with E-state index in [0.29, 0.717) is 16.6 Å². The maximum absolute atomic E-state index is 5.85. The Bertz CT molecular complexity index is 776. The second-order valence-electron chi connectivity index (χ2n) is 3.90. The summed E-state index contributed by atoms with van der Waals surface area (Å²) in [6, 6.07) is 5.68. The minimum absolute atomic E-state index is 0.213. The van der Waals surface area contributed by atoms with E-state index >= 15 is 0 Å². The normalized spacial score (nSPS) is 10.7. The average molecular weight is 308 g/mol. The minimum atomic E-state index is 0.213. The molecule has 0 unspecified atom stereocenters. The Labute approximate surface area is 123 Å². The molecule has 8 heteroatoms. The molecule has 0 bridgehead atoms. The first kappa shape index (κ1) is 12.9. The lowest BCUT2D eigenvalue weighted by molar-refractivity contribution is 0.415. The van der Waals surface area contributed by atoms with Gasteiger partial charge in [-0.15, -0.1) is 0 Å². The van der Waals surface area contributed by atoms with Gasteiger partial charge in [0.2, 0.25) is 0 Å². The standard InChI is InChI=1S/C12H10ClN5OS/c1-19-6-2-3-7-8(4-6)20-12(17-7)18-11-9(14)10(13)15-5-16-11/h2-5H,14H2,1H3,(H,15,16,17,18). The van der Waals surface area contributed by atoms with E-state index in [0.717, 1.165) is 16.0 Å². The molecule has 3 aromatic rings. The van der Waals surface area contributed by atoms with Crippen molar-refractivity contribution in [3.63, 3.8) is 0 Å². The number of nitrogens with one attached hydrogen (secondary N) is 1. The molecule has 0 saturated heterocycles. The van der Waals surface area contributed by atoms with Gasteiger partial charge in [-0.05, 0) is 18.2 Å². The number of ether oxygens (including phenoxy) is 1. The van der Waals surface area contributed by atoms with Crippen LogP contribution in [0.25, 0.3) is 10.2 Å². The smallest absolute Gasteiger partial charge is 0.189 e. The molecule has 3 rings (SSSR count). The van der Waals surface area contributed by atoms with Crippen LogP contribution in [0.15, 0.2) is 24.5 Å². The number of halogens is 1. The first-order valence-electron chi connectivity index (χ1n) is 5.65. The summed E-state index contributed by atoms with van der Waals surface area (Å²) >= 11 is 7.32. The Morgan fingerprint density at radius 3 is 3.00 bits per heavy atom. The molecule has 1 aromatic carbocycles. The minimum Gasteiger partial charge on any atom is -0.497 e. The number of hydrogen-bond acceptors (Lipinski definition) is 7. The van der Waals surface area contributed by atoms with Gasteiger partial charge >= 0.3 is 0 Å². The molecule has 20 heavy (non-hydrogen) atoms. The monoisotopic (exact) mass is 307 g/mol. The average Bonchev–Trinajstić information content (AvgIpc) is 2.85. The molecule has 0 fully saturated rings. The molecule has 2 heterocycles. The van der Waals surface area contributed by atoms with Crippen LogP contribution in [0, 0.1) is 0 Å². The first-order valence-corrected chi connectivity index (χ1v) is 6.84. The predicted molar refractivity (Wildman–Crippen MR) is 80.9 cm³/mol. The molecule has 0 aliphatic heterocycles. The Morgan fingerprint density at radius 2 is 2.20 bits per heavy atom. The summed E-state index contributed by atoms with van der Waals surface area (Å²) in [6.45, 7) is 0. The van der Waals surface area contributed by atoms with Crippen molar-refractivity contribution in [1.82, 2.24) is 15.0 Å². The van der Waals surface area contributed by atoms with Gasteiger partial charge in [0.1, 0.15) is 17.8 Å². The van der Waals surface area contributed by atoms with Gasteiger partial charge in [0.25, 0.3) is 0 Å². The van der Waals surface area contributed by atoms with Crippen molar-refractivity contribution in [2.24, 2.45) is 0 Å². The molecule has 2 aromatic heterocycles. The van der Waals surface area contributed by atoms with Gasteiger partial charge in [-0.1, -0.05) is 22.9 Å². The SMILES string of the molecule is COc1ccc2nc(Nc3ncnc(Cl)c3N)sc2c1. The molecule has 6 nitrogen and oxygen atoms in total. The van der Waals surface area contributed by atoms with E-state index in [9.17, 15) is 0 Å². The molecular weight excluding hydrogens is 298 g/mol. The molecule has 0 radical (unpaired) electrons. The first-order chi connectivity index (χ1) is 9.67. The third kappa shape index (κ3) is 2.33. The zero-order chi connectivity index (χ0) is 14.1. The Morgan fingerprint density at radius 1 is 1.35 bits per heavy atom. The molecule has 0 aliphatic rings. The van der Waals surface area contributed by atoms with Crippen LogP contribution in [0.1, 0.15) is 0 Å². The van der Waals surface area contributed by atoms with E-state index in [2.05, 4.69) is 20.3 Å². The second-order valence-corrected chi connectivity index (χ2v) is 5.29. The fourth-order valence-electron chi connectivity index (χ4n) is 1.66. The van der Waals surface area contributed by atoms with Crippen LogP contribution >= 0.6 is 22.9 Å². The number of fused-ring (bicyclic) bond motifs is 1. The highest BCUT2D eigenvalue weighted by Gasteiger charge is 2.10. The molecule has 0 atom stereocenters. The zero-order valence-corrected chi connectivity index (χ0v) is 12.0. The van der Waals surface area contributed by atoms with Gasteiger partial charge in [-0.3, -0.25) is 0 Å². The highest BCUT2D eigenvalue weighted by Crippen LogP contribution is 2.32. The van der Waals surface area contributed by atoms with E-state index in [1.54, 1.807) is 7.11 Å². The van der Waals surface area contributed by atoms with Gasteiger partial charge in [-0.2, -0.15) is 0 Å². The Kier molecular flexibility index (Phi) is 3.29. The van der Waals surface area contributed by atoms with Crippen LogP contribution in [0.4, 0.5) is 16.6 Å². The predicted octanol–water partition coefficient (Wildman–Crippen LogP) is 3.07. The van der Waals surface area contributed by atoms with Crippen LogP contribution in [0.3, 0.4) is 0 Å². The van der Waals surface area contributed by atoms with Gasteiger partial charge in [0.15, 0.2) is 16.1 Å². The molecule has 0 aliphatic carbocycles. The van der Waals surface area contributed by atoms with Crippen molar-refractivity contribution < 1.29 is 4.74 Å². The number of nitrogens with zero attached hydrogens (tertiary/aromatic N) is 3. The summed E-state index contributed by atoms with van der Waals surface area (Å²) in [6.07, 6.45) is 1.34. The van der Waals surface area contributed by atoms with Crippen LogP contribution < -0.4 is 15.8 Å². The number of nitrogens with two attached hydrogens (primary N) is 1. The number of methoxy groups -OCH3 is 1. The summed E-state index contributed by atoms with van der Waals surface area (Å²) in [5.41, 5.74) is 6.98. The van der Waals surface area contributed by atoms with Gasteiger partial charge in [0, 0.05) is 0 Å². The highest BCUT2D eigenvalue weighted by molar-refractivity contribution is 7.22. The molecule has 0 spiro atoms. The lowest BCUT2D eigenvalue weighted by atomic mass is 10.3. The molecule has 102 valence electrons. The number of benzene rings is 1. The quantitative estimate of drug-likeness (QED) is 0.723. The zero-order valence-electron chi connectivity index (χ0n) is 10.4. The number of thiazole rings is 1. The van der Waals surface area contributed by atoms with Crippen LogP contribution in [0.2, 0.25) is 5.15 Å². The van der Waals surface area contributed by atoms with E-state index < -0.39 is 0 Å². The van der Waals surface area contributed by atoms with E-state index in [4.69, 9.17) is 22.1 Å². The van der Waals surface area contributed by atoms with Crippen LogP contribution in [-0.4, -0.2) is 22.1 Å². The van der Waals surface area contributed by atoms with E-state index in [1.807, 2.05) is 18.2 Å². The van der Waals surface area contributed by atoms with Crippen LogP contribution in [-0.2, 0) is 0 Å². The molecular formula is C12H10ClN5OS. The van der Waals surface area contributed by atoms with Crippen molar-refractivity contribution in [1.29, 1.82) is 0 Å². The van der Waals surface area contributed by atoms with Crippen molar-refractivity contribution in [2.45, 2.75) is 0 Å². The number of rotatable bonds is 3. The number of aromatic nitrogens is 3. The number of anilines is 3. The third-order valence-electron chi connectivity index (χ3n) is 2.66. The maximum Gasteiger partial charge on any atom is 0.189 e. The Hall–Kier alpha value is -2.12. The summed E-state index contributed by atoms with van der Waals surface area (Å²) in [7, 11) is 1.63.